The summed E-state index contributed by atoms with van der Waals surface area (Å²) in [6.07, 6.45) is 0. The molecule has 0 radical (unpaired) electrons. The Hall–Kier alpha value is -3.23. The zero-order chi connectivity index (χ0) is 23.5. The molecular formula is C23H23ClN2O5S. The summed E-state index contributed by atoms with van der Waals surface area (Å²) >= 11 is 6.18. The van der Waals surface area contributed by atoms with Crippen molar-refractivity contribution in [3.8, 4) is 11.5 Å². The van der Waals surface area contributed by atoms with Gasteiger partial charge in [0.25, 0.3) is 15.9 Å². The van der Waals surface area contributed by atoms with Gasteiger partial charge in [-0.3, -0.25) is 9.52 Å². The van der Waals surface area contributed by atoms with Gasteiger partial charge in [0, 0.05) is 11.6 Å². The van der Waals surface area contributed by atoms with Gasteiger partial charge in [0.15, 0.2) is 0 Å². The molecule has 32 heavy (non-hydrogen) atoms. The van der Waals surface area contributed by atoms with Crippen molar-refractivity contribution in [2.24, 2.45) is 0 Å². The van der Waals surface area contributed by atoms with Crippen molar-refractivity contribution in [3.05, 3.63) is 76.3 Å². The standard InChI is InChI=1S/C23H23ClN2O5S/c1-14-6-5-7-19(15(14)2)26-32(28,29)22-12-16(8-10-18(22)24)23(27)25-20-13-17(30-3)9-11-21(20)31-4/h5-13,26H,1-4H3,(H,25,27). The first kappa shape index (κ1) is 23.4. The second-order valence-electron chi connectivity index (χ2n) is 7.02. The minimum atomic E-state index is -4.04. The third kappa shape index (κ3) is 4.98. The van der Waals surface area contributed by atoms with E-state index < -0.39 is 15.9 Å². The highest BCUT2D eigenvalue weighted by atomic mass is 35.5. The lowest BCUT2D eigenvalue weighted by Crippen LogP contribution is -2.17. The average Bonchev–Trinajstić information content (AvgIpc) is 2.76. The molecule has 3 rings (SSSR count). The van der Waals surface area contributed by atoms with Crippen molar-refractivity contribution in [3.63, 3.8) is 0 Å². The van der Waals surface area contributed by atoms with Crippen molar-refractivity contribution in [1.82, 2.24) is 0 Å². The summed E-state index contributed by atoms with van der Waals surface area (Å²) in [5, 5.41) is 2.71. The molecule has 0 saturated heterocycles. The molecule has 168 valence electrons. The van der Waals surface area contributed by atoms with E-state index in [4.69, 9.17) is 21.1 Å². The van der Waals surface area contributed by atoms with Crippen molar-refractivity contribution >= 4 is 38.9 Å². The summed E-state index contributed by atoms with van der Waals surface area (Å²) in [6, 6.07) is 14.3. The zero-order valence-electron chi connectivity index (χ0n) is 18.0. The number of amides is 1. The number of carbonyl (C=O) groups is 1. The van der Waals surface area contributed by atoms with Crippen LogP contribution in [0.15, 0.2) is 59.5 Å². The van der Waals surface area contributed by atoms with Crippen molar-refractivity contribution in [2.75, 3.05) is 24.3 Å². The minimum Gasteiger partial charge on any atom is -0.497 e. The Labute approximate surface area is 192 Å². The Morgan fingerprint density at radius 1 is 0.938 bits per heavy atom. The average molecular weight is 475 g/mol. The van der Waals surface area contributed by atoms with Gasteiger partial charge in [0.1, 0.15) is 16.4 Å². The normalized spacial score (nSPS) is 11.0. The summed E-state index contributed by atoms with van der Waals surface area (Å²) in [5.41, 5.74) is 2.67. The summed E-state index contributed by atoms with van der Waals surface area (Å²) in [4.78, 5) is 12.7. The van der Waals surface area contributed by atoms with Crippen molar-refractivity contribution < 1.29 is 22.7 Å². The number of anilines is 2. The van der Waals surface area contributed by atoms with Crippen LogP contribution in [0.4, 0.5) is 11.4 Å². The highest BCUT2D eigenvalue weighted by Crippen LogP contribution is 2.31. The molecule has 3 aromatic carbocycles. The van der Waals surface area contributed by atoms with E-state index in [0.717, 1.165) is 11.1 Å². The van der Waals surface area contributed by atoms with Crippen LogP contribution in [-0.2, 0) is 10.0 Å². The fourth-order valence-electron chi connectivity index (χ4n) is 3.02. The van der Waals surface area contributed by atoms with E-state index in [0.29, 0.717) is 22.9 Å². The number of hydrogen-bond acceptors (Lipinski definition) is 5. The van der Waals surface area contributed by atoms with E-state index in [1.165, 1.54) is 32.4 Å². The summed E-state index contributed by atoms with van der Waals surface area (Å²) in [7, 11) is -1.06. The van der Waals surface area contributed by atoms with E-state index in [1.54, 1.807) is 30.3 Å². The molecule has 0 aromatic heterocycles. The number of sulfonamides is 1. The van der Waals surface area contributed by atoms with Crippen molar-refractivity contribution in [1.29, 1.82) is 0 Å². The van der Waals surface area contributed by atoms with E-state index in [9.17, 15) is 13.2 Å². The molecule has 0 atom stereocenters. The fourth-order valence-corrected chi connectivity index (χ4v) is 4.67. The van der Waals surface area contributed by atoms with Gasteiger partial charge in [0.2, 0.25) is 0 Å². The topological polar surface area (TPSA) is 93.7 Å². The molecular weight excluding hydrogens is 452 g/mol. The van der Waals surface area contributed by atoms with Gasteiger partial charge in [-0.25, -0.2) is 8.42 Å². The van der Waals surface area contributed by atoms with Gasteiger partial charge < -0.3 is 14.8 Å². The maximum atomic E-state index is 13.0. The molecule has 0 bridgehead atoms. The second kappa shape index (κ2) is 9.50. The van der Waals surface area contributed by atoms with Crippen molar-refractivity contribution in [2.45, 2.75) is 18.7 Å². The summed E-state index contributed by atoms with van der Waals surface area (Å²) in [5.74, 6) is 0.423. The van der Waals surface area contributed by atoms with Crippen LogP contribution >= 0.6 is 11.6 Å². The largest absolute Gasteiger partial charge is 0.497 e. The van der Waals surface area contributed by atoms with Crippen LogP contribution in [-0.4, -0.2) is 28.5 Å². The molecule has 3 aromatic rings. The van der Waals surface area contributed by atoms with Gasteiger partial charge in [-0.15, -0.1) is 0 Å². The van der Waals surface area contributed by atoms with Gasteiger partial charge in [-0.1, -0.05) is 23.7 Å². The highest BCUT2D eigenvalue weighted by Gasteiger charge is 2.22. The highest BCUT2D eigenvalue weighted by molar-refractivity contribution is 7.92. The molecule has 0 fully saturated rings. The Balaban J connectivity index is 1.93. The van der Waals surface area contributed by atoms with E-state index in [1.807, 2.05) is 19.9 Å². The zero-order valence-corrected chi connectivity index (χ0v) is 19.6. The van der Waals surface area contributed by atoms with Gasteiger partial charge in [-0.05, 0) is 61.4 Å². The molecule has 7 nitrogen and oxygen atoms in total. The Morgan fingerprint density at radius 3 is 2.38 bits per heavy atom. The molecule has 0 spiro atoms. The Kier molecular flexibility index (Phi) is 6.96. The lowest BCUT2D eigenvalue weighted by Gasteiger charge is -2.15. The van der Waals surface area contributed by atoms with E-state index in [2.05, 4.69) is 10.0 Å². The number of halogens is 1. The van der Waals surface area contributed by atoms with Crippen LogP contribution in [0.1, 0.15) is 21.5 Å². The first-order chi connectivity index (χ1) is 15.2. The molecule has 0 aliphatic rings. The van der Waals surface area contributed by atoms with Crippen LogP contribution in [0.5, 0.6) is 11.5 Å². The summed E-state index contributed by atoms with van der Waals surface area (Å²) < 4.78 is 39.1. The Morgan fingerprint density at radius 2 is 1.69 bits per heavy atom. The van der Waals surface area contributed by atoms with Crippen LogP contribution in [0.25, 0.3) is 0 Å². The molecule has 9 heteroatoms. The molecule has 0 aliphatic carbocycles. The molecule has 0 heterocycles. The maximum Gasteiger partial charge on any atom is 0.263 e. The van der Waals surface area contributed by atoms with E-state index >= 15 is 0 Å². The lowest BCUT2D eigenvalue weighted by molar-refractivity contribution is 0.102. The number of aryl methyl sites for hydroxylation is 1. The fraction of sp³-hybridized carbons (Fsp3) is 0.174. The Bertz CT molecular complexity index is 1280. The molecule has 2 N–H and O–H groups in total. The predicted octanol–water partition coefficient (Wildman–Crippen LogP) is 5.03. The molecule has 0 unspecified atom stereocenters. The third-order valence-electron chi connectivity index (χ3n) is 4.99. The molecule has 1 amide bonds. The maximum absolute atomic E-state index is 13.0. The van der Waals surface area contributed by atoms with E-state index in [-0.39, 0.29) is 15.5 Å². The third-order valence-corrected chi connectivity index (χ3v) is 6.83. The number of ether oxygens (including phenoxy) is 2. The number of rotatable bonds is 7. The summed E-state index contributed by atoms with van der Waals surface area (Å²) in [6.45, 7) is 3.71. The van der Waals surface area contributed by atoms with Gasteiger partial charge >= 0.3 is 0 Å². The lowest BCUT2D eigenvalue weighted by atomic mass is 10.1. The van der Waals surface area contributed by atoms with Crippen LogP contribution in [0.3, 0.4) is 0 Å². The van der Waals surface area contributed by atoms with Gasteiger partial charge in [0.05, 0.1) is 30.6 Å². The number of benzene rings is 3. The first-order valence-electron chi connectivity index (χ1n) is 9.58. The SMILES string of the molecule is COc1ccc(OC)c(NC(=O)c2ccc(Cl)c(S(=O)(=O)Nc3cccc(C)c3C)c2)c1. The quantitative estimate of drug-likeness (QED) is 0.501. The number of methoxy groups -OCH3 is 2. The van der Waals surface area contributed by atoms with Crippen LogP contribution < -0.4 is 19.5 Å². The second-order valence-corrected chi connectivity index (χ2v) is 9.08. The minimum absolute atomic E-state index is 0.00156. The number of nitrogens with one attached hydrogen (secondary N) is 2. The van der Waals surface area contributed by atoms with Crippen LogP contribution in [0, 0.1) is 13.8 Å². The molecule has 0 saturated carbocycles. The monoisotopic (exact) mass is 474 g/mol. The molecule has 0 aliphatic heterocycles. The van der Waals surface area contributed by atoms with Gasteiger partial charge in [-0.2, -0.15) is 0 Å². The first-order valence-corrected chi connectivity index (χ1v) is 11.4. The number of carbonyl (C=O) groups excluding carboxylic acids is 1. The van der Waals surface area contributed by atoms with Crippen LogP contribution in [0.2, 0.25) is 5.02 Å². The number of hydrogen-bond donors (Lipinski definition) is 2. The predicted molar refractivity (Wildman–Crippen MR) is 126 cm³/mol. The smallest absolute Gasteiger partial charge is 0.263 e.